The summed E-state index contributed by atoms with van der Waals surface area (Å²) in [7, 11) is 0. The van der Waals surface area contributed by atoms with Gasteiger partial charge in [-0.2, -0.15) is 0 Å². The van der Waals surface area contributed by atoms with E-state index in [2.05, 4.69) is 6.92 Å². The van der Waals surface area contributed by atoms with Gasteiger partial charge in [-0.3, -0.25) is 4.79 Å². The molecule has 1 N–H and O–H groups in total. The number of rotatable bonds is 0. The fraction of sp³-hybridized carbons (Fsp3) is 0.950. The standard InChI is InChI=1S/C20H30O3/c1-18-9-7-13(21)11-12(18)3-4-14-15(18)8-10-20-16(14)5-6-17(20)19(2,22)23-20/h12,14-17,22H,3-11H2,1-2H3/t12-,14?,15?,16?,17+,18-,19?,20+/m0/s1. The first-order valence-electron chi connectivity index (χ1n) is 9.81. The van der Waals surface area contributed by atoms with Crippen LogP contribution < -0.4 is 0 Å². The molecule has 1 heterocycles. The molecule has 0 radical (unpaired) electrons. The van der Waals surface area contributed by atoms with E-state index < -0.39 is 5.79 Å². The van der Waals surface area contributed by atoms with Gasteiger partial charge in [0.05, 0.1) is 5.60 Å². The van der Waals surface area contributed by atoms with Gasteiger partial charge in [-0.05, 0) is 81.0 Å². The normalized spacial score (nSPS) is 61.0. The summed E-state index contributed by atoms with van der Waals surface area (Å²) in [5.41, 5.74) is 0.376. The number of ketones is 1. The highest BCUT2D eigenvalue weighted by atomic mass is 16.7. The second kappa shape index (κ2) is 4.40. The van der Waals surface area contributed by atoms with Gasteiger partial charge in [0.2, 0.25) is 0 Å². The van der Waals surface area contributed by atoms with Crippen molar-refractivity contribution < 1.29 is 14.6 Å². The fourth-order valence-electron chi connectivity index (χ4n) is 7.98. The Labute approximate surface area is 139 Å². The van der Waals surface area contributed by atoms with Crippen LogP contribution in [-0.4, -0.2) is 22.3 Å². The maximum Gasteiger partial charge on any atom is 0.168 e. The van der Waals surface area contributed by atoms with E-state index in [4.69, 9.17) is 4.74 Å². The molecule has 0 amide bonds. The topological polar surface area (TPSA) is 46.5 Å². The number of aliphatic hydroxyl groups is 1. The average Bonchev–Trinajstić information content (AvgIpc) is 2.82. The van der Waals surface area contributed by atoms with Gasteiger partial charge in [0, 0.05) is 18.8 Å². The smallest absolute Gasteiger partial charge is 0.168 e. The lowest BCUT2D eigenvalue weighted by atomic mass is 9.45. The number of hydrogen-bond donors (Lipinski definition) is 1. The summed E-state index contributed by atoms with van der Waals surface area (Å²) < 4.78 is 6.18. The molecule has 3 heteroatoms. The lowest BCUT2D eigenvalue weighted by Crippen LogP contribution is -2.70. The maximum atomic E-state index is 11.9. The summed E-state index contributed by atoms with van der Waals surface area (Å²) in [6.07, 6.45) is 10.0. The van der Waals surface area contributed by atoms with Crippen molar-refractivity contribution in [3.05, 3.63) is 0 Å². The molecular weight excluding hydrogens is 288 g/mol. The maximum absolute atomic E-state index is 11.9. The van der Waals surface area contributed by atoms with Crippen molar-refractivity contribution in [3.8, 4) is 0 Å². The van der Waals surface area contributed by atoms with Crippen molar-refractivity contribution in [2.45, 2.75) is 83.0 Å². The van der Waals surface area contributed by atoms with Crippen LogP contribution >= 0.6 is 0 Å². The van der Waals surface area contributed by atoms with Crippen LogP contribution in [0.5, 0.6) is 0 Å². The van der Waals surface area contributed by atoms with E-state index in [-0.39, 0.29) is 5.60 Å². The van der Waals surface area contributed by atoms with E-state index in [0.717, 1.165) is 43.9 Å². The van der Waals surface area contributed by atoms with Crippen molar-refractivity contribution in [3.63, 3.8) is 0 Å². The summed E-state index contributed by atoms with van der Waals surface area (Å²) in [4.78, 5) is 11.9. The van der Waals surface area contributed by atoms with E-state index in [1.165, 1.54) is 25.7 Å². The molecule has 4 aliphatic carbocycles. The van der Waals surface area contributed by atoms with Gasteiger partial charge >= 0.3 is 0 Å². The third-order valence-electron chi connectivity index (χ3n) is 8.95. The molecule has 23 heavy (non-hydrogen) atoms. The second-order valence-corrected chi connectivity index (χ2v) is 9.68. The van der Waals surface area contributed by atoms with Gasteiger partial charge in [-0.15, -0.1) is 0 Å². The molecular formula is C20H30O3. The van der Waals surface area contributed by atoms with E-state index >= 15 is 0 Å². The minimum Gasteiger partial charge on any atom is -0.365 e. The molecule has 3 nitrogen and oxygen atoms in total. The van der Waals surface area contributed by atoms with Crippen molar-refractivity contribution >= 4 is 5.78 Å². The van der Waals surface area contributed by atoms with Crippen molar-refractivity contribution in [1.29, 1.82) is 0 Å². The van der Waals surface area contributed by atoms with E-state index in [1.54, 1.807) is 0 Å². The molecule has 1 saturated heterocycles. The quantitative estimate of drug-likeness (QED) is 0.741. The number of carbonyl (C=O) groups is 1. The van der Waals surface area contributed by atoms with E-state index in [0.29, 0.717) is 29.0 Å². The Morgan fingerprint density at radius 3 is 2.65 bits per heavy atom. The highest BCUT2D eigenvalue weighted by molar-refractivity contribution is 5.79. The Morgan fingerprint density at radius 1 is 1.04 bits per heavy atom. The first-order valence-corrected chi connectivity index (χ1v) is 9.81. The third kappa shape index (κ3) is 1.71. The van der Waals surface area contributed by atoms with Crippen molar-refractivity contribution in [2.75, 3.05) is 0 Å². The molecule has 1 aliphatic heterocycles. The largest absolute Gasteiger partial charge is 0.365 e. The van der Waals surface area contributed by atoms with Crippen molar-refractivity contribution in [2.24, 2.45) is 35.0 Å². The van der Waals surface area contributed by atoms with Crippen LogP contribution in [0.2, 0.25) is 0 Å². The Bertz CT molecular complexity index is 555. The van der Waals surface area contributed by atoms with Crippen LogP contribution in [0.25, 0.3) is 0 Å². The number of Topliss-reactive ketones (excluding diaryl/α,β-unsaturated/α-hetero) is 1. The number of fused-ring (bicyclic) bond motifs is 4. The Morgan fingerprint density at radius 2 is 1.87 bits per heavy atom. The lowest BCUT2D eigenvalue weighted by molar-refractivity contribution is -0.416. The molecule has 5 fully saturated rings. The third-order valence-corrected chi connectivity index (χ3v) is 8.95. The van der Waals surface area contributed by atoms with E-state index in [1.807, 2.05) is 6.92 Å². The molecule has 1 spiro atoms. The van der Waals surface area contributed by atoms with Crippen LogP contribution in [0.3, 0.4) is 0 Å². The Balaban J connectivity index is 1.45. The second-order valence-electron chi connectivity index (χ2n) is 9.68. The molecule has 8 atom stereocenters. The highest BCUT2D eigenvalue weighted by Crippen LogP contribution is 2.70. The number of carbonyl (C=O) groups excluding carboxylic acids is 1. The molecule has 5 rings (SSSR count). The van der Waals surface area contributed by atoms with Crippen LogP contribution in [0.1, 0.15) is 71.6 Å². The molecule has 0 bridgehead atoms. The predicted molar refractivity (Wildman–Crippen MR) is 86.6 cm³/mol. The molecule has 0 aromatic rings. The van der Waals surface area contributed by atoms with Crippen LogP contribution in [0.4, 0.5) is 0 Å². The van der Waals surface area contributed by atoms with E-state index in [9.17, 15) is 9.90 Å². The minimum absolute atomic E-state index is 0.00164. The molecule has 5 aliphatic rings. The van der Waals surface area contributed by atoms with Gasteiger partial charge in [0.15, 0.2) is 5.79 Å². The molecule has 4 saturated carbocycles. The first-order chi connectivity index (χ1) is 10.9. The highest BCUT2D eigenvalue weighted by Gasteiger charge is 2.72. The average molecular weight is 318 g/mol. The summed E-state index contributed by atoms with van der Waals surface area (Å²) in [5.74, 6) is 2.80. The van der Waals surface area contributed by atoms with Gasteiger partial charge < -0.3 is 9.84 Å². The zero-order chi connectivity index (χ0) is 16.0. The summed E-state index contributed by atoms with van der Waals surface area (Å²) in [6, 6.07) is 0. The fourth-order valence-corrected chi connectivity index (χ4v) is 7.98. The van der Waals surface area contributed by atoms with Crippen molar-refractivity contribution in [1.82, 2.24) is 0 Å². The minimum atomic E-state index is -0.875. The summed E-state index contributed by atoms with van der Waals surface area (Å²) in [6.45, 7) is 4.35. The van der Waals surface area contributed by atoms with Gasteiger partial charge in [-0.25, -0.2) is 0 Å². The van der Waals surface area contributed by atoms with Crippen LogP contribution in [0, 0.1) is 35.0 Å². The van der Waals surface area contributed by atoms with Gasteiger partial charge in [0.25, 0.3) is 0 Å². The van der Waals surface area contributed by atoms with Gasteiger partial charge in [0.1, 0.15) is 5.78 Å². The van der Waals surface area contributed by atoms with Crippen LogP contribution in [-0.2, 0) is 9.53 Å². The molecule has 0 aromatic heterocycles. The first kappa shape index (κ1) is 14.9. The molecule has 4 unspecified atom stereocenters. The SMILES string of the molecule is CC1(O)O[C@]23CCC4C(CC[C@H]5CC(=O)CC[C@]45C)C2CC[C@H]13. The zero-order valence-corrected chi connectivity index (χ0v) is 14.5. The Hall–Kier alpha value is -0.410. The number of ether oxygens (including phenoxy) is 1. The monoisotopic (exact) mass is 318 g/mol. The molecule has 128 valence electrons. The molecule has 0 aromatic carbocycles. The van der Waals surface area contributed by atoms with Crippen LogP contribution in [0.15, 0.2) is 0 Å². The van der Waals surface area contributed by atoms with Gasteiger partial charge in [-0.1, -0.05) is 6.92 Å². The number of hydrogen-bond acceptors (Lipinski definition) is 3. The summed E-state index contributed by atoms with van der Waals surface area (Å²) in [5, 5.41) is 10.4. The zero-order valence-electron chi connectivity index (χ0n) is 14.5. The Kier molecular flexibility index (Phi) is 2.85. The summed E-state index contributed by atoms with van der Waals surface area (Å²) >= 11 is 0. The lowest BCUT2D eigenvalue weighted by Gasteiger charge is -2.65. The predicted octanol–water partition coefficient (Wildman–Crippen LogP) is 3.69.